The van der Waals surface area contributed by atoms with Gasteiger partial charge in [-0.1, -0.05) is 50.3 Å². The third kappa shape index (κ3) is 3.30. The summed E-state index contributed by atoms with van der Waals surface area (Å²) in [5, 5.41) is 0.705. The molecule has 2 nitrogen and oxygen atoms in total. The molecule has 0 radical (unpaired) electrons. The van der Waals surface area contributed by atoms with E-state index in [9.17, 15) is 4.79 Å². The van der Waals surface area contributed by atoms with E-state index in [4.69, 9.17) is 11.6 Å². The summed E-state index contributed by atoms with van der Waals surface area (Å²) in [6, 6.07) is 5.94. The van der Waals surface area contributed by atoms with Crippen molar-refractivity contribution in [2.45, 2.75) is 51.9 Å². The van der Waals surface area contributed by atoms with E-state index in [1.165, 1.54) is 37.7 Å². The van der Waals surface area contributed by atoms with Crippen molar-refractivity contribution in [2.75, 3.05) is 11.4 Å². The first kappa shape index (κ1) is 14.4. The van der Waals surface area contributed by atoms with Crippen LogP contribution in [-0.4, -0.2) is 12.5 Å². The quantitative estimate of drug-likeness (QED) is 0.712. The van der Waals surface area contributed by atoms with Gasteiger partial charge < -0.3 is 4.90 Å². The molecule has 0 fully saturated rings. The molecular formula is C16H22ClNO. The van der Waals surface area contributed by atoms with E-state index in [0.29, 0.717) is 10.9 Å². The number of benzene rings is 1. The minimum Gasteiger partial charge on any atom is -0.312 e. The molecule has 0 bridgehead atoms. The van der Waals surface area contributed by atoms with E-state index in [1.54, 1.807) is 6.92 Å². The molecule has 1 amide bonds. The lowest BCUT2D eigenvalue weighted by Crippen LogP contribution is -2.27. The Morgan fingerprint density at radius 1 is 1.37 bits per heavy atom. The van der Waals surface area contributed by atoms with Crippen LogP contribution in [0.2, 0.25) is 5.02 Å². The average molecular weight is 280 g/mol. The molecule has 0 aliphatic carbocycles. The SMILES string of the molecule is CCCCCCC1CN(C(C)=O)c2cc(Cl)ccc21. The van der Waals surface area contributed by atoms with Gasteiger partial charge in [-0.2, -0.15) is 0 Å². The van der Waals surface area contributed by atoms with Gasteiger partial charge in [0.2, 0.25) is 5.91 Å². The highest BCUT2D eigenvalue weighted by molar-refractivity contribution is 6.31. The molecule has 2 rings (SSSR count). The Balaban J connectivity index is 2.10. The standard InChI is InChI=1S/C16H22ClNO/c1-3-4-5-6-7-13-11-18(12(2)19)16-10-14(17)8-9-15(13)16/h8-10,13H,3-7,11H2,1-2H3. The van der Waals surface area contributed by atoms with Crippen LogP contribution in [-0.2, 0) is 4.79 Å². The van der Waals surface area contributed by atoms with E-state index in [0.717, 1.165) is 12.2 Å². The normalized spacial score (nSPS) is 17.6. The highest BCUT2D eigenvalue weighted by Crippen LogP contribution is 2.40. The van der Waals surface area contributed by atoms with Crippen LogP contribution in [0, 0.1) is 0 Å². The number of rotatable bonds is 5. The van der Waals surface area contributed by atoms with Crippen LogP contribution in [0.25, 0.3) is 0 Å². The first-order valence-electron chi connectivity index (χ1n) is 7.21. The van der Waals surface area contributed by atoms with Crippen molar-refractivity contribution in [1.29, 1.82) is 0 Å². The zero-order valence-electron chi connectivity index (χ0n) is 11.8. The summed E-state index contributed by atoms with van der Waals surface area (Å²) in [5.41, 5.74) is 2.30. The van der Waals surface area contributed by atoms with E-state index in [2.05, 4.69) is 13.0 Å². The number of unbranched alkanes of at least 4 members (excludes halogenated alkanes) is 3. The van der Waals surface area contributed by atoms with E-state index in [-0.39, 0.29) is 5.91 Å². The summed E-state index contributed by atoms with van der Waals surface area (Å²) in [6.45, 7) is 4.67. The van der Waals surface area contributed by atoms with Crippen LogP contribution in [0.3, 0.4) is 0 Å². The van der Waals surface area contributed by atoms with Crippen LogP contribution in [0.5, 0.6) is 0 Å². The molecule has 19 heavy (non-hydrogen) atoms. The largest absolute Gasteiger partial charge is 0.312 e. The number of fused-ring (bicyclic) bond motifs is 1. The van der Waals surface area contributed by atoms with Crippen molar-refractivity contribution in [2.24, 2.45) is 0 Å². The van der Waals surface area contributed by atoms with Gasteiger partial charge in [0.15, 0.2) is 0 Å². The molecule has 0 N–H and O–H groups in total. The molecule has 1 aromatic carbocycles. The zero-order valence-corrected chi connectivity index (χ0v) is 12.5. The average Bonchev–Trinajstić information content (AvgIpc) is 2.73. The fourth-order valence-corrected chi connectivity index (χ4v) is 3.04. The smallest absolute Gasteiger partial charge is 0.223 e. The number of anilines is 1. The van der Waals surface area contributed by atoms with Crippen molar-refractivity contribution < 1.29 is 4.79 Å². The summed E-state index contributed by atoms with van der Waals surface area (Å²) in [7, 11) is 0. The van der Waals surface area contributed by atoms with Crippen molar-refractivity contribution in [3.8, 4) is 0 Å². The van der Waals surface area contributed by atoms with Crippen LogP contribution >= 0.6 is 11.6 Å². The molecule has 1 atom stereocenters. The van der Waals surface area contributed by atoms with Gasteiger partial charge in [-0.15, -0.1) is 0 Å². The van der Waals surface area contributed by atoms with Crippen LogP contribution in [0.4, 0.5) is 5.69 Å². The van der Waals surface area contributed by atoms with Crippen LogP contribution in [0.1, 0.15) is 57.4 Å². The second kappa shape index (κ2) is 6.42. The van der Waals surface area contributed by atoms with E-state index >= 15 is 0 Å². The molecule has 0 aromatic heterocycles. The summed E-state index contributed by atoms with van der Waals surface area (Å²) in [5.74, 6) is 0.590. The molecule has 0 saturated carbocycles. The van der Waals surface area contributed by atoms with E-state index < -0.39 is 0 Å². The number of halogens is 1. The fourth-order valence-electron chi connectivity index (χ4n) is 2.88. The maximum absolute atomic E-state index is 11.7. The van der Waals surface area contributed by atoms with Gasteiger partial charge in [-0.3, -0.25) is 4.79 Å². The van der Waals surface area contributed by atoms with Gasteiger partial charge in [-0.05, 0) is 24.1 Å². The molecule has 1 unspecified atom stereocenters. The topological polar surface area (TPSA) is 20.3 Å². The Hall–Kier alpha value is -1.02. The lowest BCUT2D eigenvalue weighted by Gasteiger charge is -2.15. The summed E-state index contributed by atoms with van der Waals surface area (Å²) in [4.78, 5) is 13.6. The molecule has 3 heteroatoms. The summed E-state index contributed by atoms with van der Waals surface area (Å²) >= 11 is 6.05. The second-order valence-corrected chi connectivity index (χ2v) is 5.82. The van der Waals surface area contributed by atoms with Crippen LogP contribution < -0.4 is 4.90 Å². The molecule has 1 heterocycles. The maximum Gasteiger partial charge on any atom is 0.223 e. The maximum atomic E-state index is 11.7. The first-order chi connectivity index (χ1) is 9.13. The fraction of sp³-hybridized carbons (Fsp3) is 0.562. The Labute approximate surface area is 120 Å². The predicted molar refractivity (Wildman–Crippen MR) is 81.0 cm³/mol. The lowest BCUT2D eigenvalue weighted by molar-refractivity contribution is -0.116. The Morgan fingerprint density at radius 3 is 2.84 bits per heavy atom. The van der Waals surface area contributed by atoms with Gasteiger partial charge in [0.25, 0.3) is 0 Å². The summed E-state index contributed by atoms with van der Waals surface area (Å²) < 4.78 is 0. The Morgan fingerprint density at radius 2 is 2.16 bits per heavy atom. The Bertz CT molecular complexity index is 458. The molecule has 1 aromatic rings. The van der Waals surface area contributed by atoms with Gasteiger partial charge in [0.1, 0.15) is 0 Å². The highest BCUT2D eigenvalue weighted by atomic mass is 35.5. The van der Waals surface area contributed by atoms with Gasteiger partial charge in [0.05, 0.1) is 0 Å². The second-order valence-electron chi connectivity index (χ2n) is 5.38. The molecule has 1 aliphatic heterocycles. The number of amides is 1. The number of carbonyl (C=O) groups is 1. The molecule has 1 aliphatic rings. The van der Waals surface area contributed by atoms with Crippen molar-refractivity contribution in [1.82, 2.24) is 0 Å². The number of nitrogens with zero attached hydrogens (tertiary/aromatic N) is 1. The Kier molecular flexibility index (Phi) is 4.87. The number of hydrogen-bond donors (Lipinski definition) is 0. The summed E-state index contributed by atoms with van der Waals surface area (Å²) in [6.07, 6.45) is 6.26. The highest BCUT2D eigenvalue weighted by Gasteiger charge is 2.30. The first-order valence-corrected chi connectivity index (χ1v) is 7.58. The van der Waals surface area contributed by atoms with E-state index in [1.807, 2.05) is 17.0 Å². The van der Waals surface area contributed by atoms with Gasteiger partial charge in [0, 0.05) is 30.1 Å². The number of hydrogen-bond acceptors (Lipinski definition) is 1. The minimum absolute atomic E-state index is 0.111. The number of carbonyl (C=O) groups excluding carboxylic acids is 1. The molecular weight excluding hydrogens is 258 g/mol. The van der Waals surface area contributed by atoms with Gasteiger partial charge in [-0.25, -0.2) is 0 Å². The minimum atomic E-state index is 0.111. The zero-order chi connectivity index (χ0) is 13.8. The molecule has 0 spiro atoms. The third-order valence-electron chi connectivity index (χ3n) is 3.91. The predicted octanol–water partition coefficient (Wildman–Crippen LogP) is 4.76. The van der Waals surface area contributed by atoms with Gasteiger partial charge >= 0.3 is 0 Å². The van der Waals surface area contributed by atoms with Crippen molar-refractivity contribution in [3.63, 3.8) is 0 Å². The lowest BCUT2D eigenvalue weighted by atomic mass is 9.95. The van der Waals surface area contributed by atoms with Crippen molar-refractivity contribution >= 4 is 23.2 Å². The molecule has 0 saturated heterocycles. The van der Waals surface area contributed by atoms with Crippen LogP contribution in [0.15, 0.2) is 18.2 Å². The van der Waals surface area contributed by atoms with Crippen molar-refractivity contribution in [3.05, 3.63) is 28.8 Å². The third-order valence-corrected chi connectivity index (χ3v) is 4.15. The molecule has 104 valence electrons. The monoisotopic (exact) mass is 279 g/mol.